The van der Waals surface area contributed by atoms with Crippen molar-refractivity contribution in [3.8, 4) is 0 Å². The molecule has 1 atom stereocenters. The third kappa shape index (κ3) is 2.31. The molecule has 0 spiro atoms. The van der Waals surface area contributed by atoms with Crippen LogP contribution in [0.1, 0.15) is 0 Å². The molecule has 108 valence electrons. The van der Waals surface area contributed by atoms with Crippen molar-refractivity contribution >= 4 is 18.0 Å². The first-order chi connectivity index (χ1) is 8.98. The Kier molecular flexibility index (Phi) is 4.61. The van der Waals surface area contributed by atoms with E-state index in [1.807, 2.05) is 10.6 Å². The molecule has 5 amide bonds. The summed E-state index contributed by atoms with van der Waals surface area (Å²) in [6, 6.07) is -2.12. The monoisotopic (exact) mass is 278 g/mol. The van der Waals surface area contributed by atoms with Crippen LogP contribution in [-0.2, 0) is 4.79 Å². The van der Waals surface area contributed by atoms with Gasteiger partial charge in [-0.05, 0) is 0 Å². The van der Waals surface area contributed by atoms with Crippen LogP contribution in [0.25, 0.3) is 0 Å². The summed E-state index contributed by atoms with van der Waals surface area (Å²) >= 11 is 0. The van der Waals surface area contributed by atoms with Crippen molar-refractivity contribution in [1.29, 1.82) is 0 Å². The molecule has 0 aromatic heterocycles. The molecule has 19 heavy (non-hydrogen) atoms. The van der Waals surface area contributed by atoms with Crippen molar-refractivity contribution < 1.29 is 34.8 Å². The van der Waals surface area contributed by atoms with Crippen LogP contribution in [0.3, 0.4) is 0 Å². The zero-order valence-electron chi connectivity index (χ0n) is 9.74. The molecule has 0 aliphatic carbocycles. The Balaban J connectivity index is 3.11. The predicted molar refractivity (Wildman–Crippen MR) is 56.8 cm³/mol. The van der Waals surface area contributed by atoms with Crippen molar-refractivity contribution in [1.82, 2.24) is 20.4 Å². The first kappa shape index (κ1) is 15.1. The van der Waals surface area contributed by atoms with Gasteiger partial charge in [-0.2, -0.15) is 0 Å². The lowest BCUT2D eigenvalue weighted by molar-refractivity contribution is -0.139. The molecule has 1 heterocycles. The number of amides is 5. The van der Waals surface area contributed by atoms with Gasteiger partial charge in [0, 0.05) is 0 Å². The van der Waals surface area contributed by atoms with Gasteiger partial charge >= 0.3 is 12.1 Å². The average Bonchev–Trinajstić information content (AvgIpc) is 2.58. The molecule has 0 saturated carbocycles. The molecule has 0 aromatic rings. The van der Waals surface area contributed by atoms with E-state index in [0.29, 0.717) is 9.80 Å². The van der Waals surface area contributed by atoms with E-state index in [0.717, 1.165) is 0 Å². The fourth-order valence-corrected chi connectivity index (χ4v) is 1.66. The lowest BCUT2D eigenvalue weighted by Gasteiger charge is -2.32. The number of rotatable bonds is 5. The molecule has 0 bridgehead atoms. The summed E-state index contributed by atoms with van der Waals surface area (Å²) in [4.78, 5) is 35.7. The van der Waals surface area contributed by atoms with Crippen molar-refractivity contribution in [2.75, 3.05) is 26.8 Å². The second-order valence-electron chi connectivity index (χ2n) is 3.53. The van der Waals surface area contributed by atoms with Crippen LogP contribution in [0.5, 0.6) is 0 Å². The molecule has 1 unspecified atom stereocenters. The Morgan fingerprint density at radius 3 is 2.21 bits per heavy atom. The summed E-state index contributed by atoms with van der Waals surface area (Å²) in [6.07, 6.45) is 0. The van der Waals surface area contributed by atoms with Crippen LogP contribution in [0, 0.1) is 0 Å². The Labute approximate surface area is 107 Å². The predicted octanol–water partition coefficient (Wildman–Crippen LogP) is -3.91. The summed E-state index contributed by atoms with van der Waals surface area (Å²) in [5.74, 6) is -1.11. The molecule has 11 heteroatoms. The minimum Gasteiger partial charge on any atom is -0.391 e. The molecular formula is C8H14N4O7. The fourth-order valence-electron chi connectivity index (χ4n) is 1.66. The third-order valence-corrected chi connectivity index (χ3v) is 2.59. The number of hydrogen-bond donors (Lipinski definition) is 6. The summed E-state index contributed by atoms with van der Waals surface area (Å²) in [5, 5.41) is 39.7. The SMILES string of the molecule is O=C(NCO)NC1(CO)C(=O)N(CO)C(=O)N1CO. The van der Waals surface area contributed by atoms with Gasteiger partial charge in [-0.1, -0.05) is 0 Å². The van der Waals surface area contributed by atoms with Crippen molar-refractivity contribution in [2.24, 2.45) is 0 Å². The standard InChI is InChI=1S/C8H14N4O7/c13-1-8(10-6(18)9-2-14)5(17)11(3-15)7(19)12(8)4-16/h13-16H,1-4H2,(H2,9,10,18). The Hall–Kier alpha value is -1.95. The number of carbonyl (C=O) groups is 3. The van der Waals surface area contributed by atoms with Crippen molar-refractivity contribution in [3.05, 3.63) is 0 Å². The van der Waals surface area contributed by atoms with E-state index in [2.05, 4.69) is 0 Å². The van der Waals surface area contributed by atoms with Crippen LogP contribution in [-0.4, -0.2) is 80.7 Å². The lowest BCUT2D eigenvalue weighted by atomic mass is 10.1. The van der Waals surface area contributed by atoms with Gasteiger partial charge in [0.25, 0.3) is 5.91 Å². The number of carbonyl (C=O) groups excluding carboxylic acids is 3. The molecule has 11 nitrogen and oxygen atoms in total. The van der Waals surface area contributed by atoms with E-state index in [9.17, 15) is 19.5 Å². The van der Waals surface area contributed by atoms with Crippen molar-refractivity contribution in [3.63, 3.8) is 0 Å². The molecule has 1 aliphatic heterocycles. The highest BCUT2D eigenvalue weighted by atomic mass is 16.3. The van der Waals surface area contributed by atoms with E-state index < -0.39 is 50.4 Å². The van der Waals surface area contributed by atoms with Gasteiger partial charge in [0.1, 0.15) is 20.2 Å². The summed E-state index contributed by atoms with van der Waals surface area (Å²) in [6.45, 7) is -3.70. The number of imide groups is 1. The topological polar surface area (TPSA) is 163 Å². The van der Waals surface area contributed by atoms with Crippen LogP contribution in [0.4, 0.5) is 9.59 Å². The Bertz CT molecular complexity index is 389. The molecule has 1 fully saturated rings. The second kappa shape index (κ2) is 5.79. The second-order valence-corrected chi connectivity index (χ2v) is 3.53. The van der Waals surface area contributed by atoms with Gasteiger partial charge in [-0.15, -0.1) is 0 Å². The maximum absolute atomic E-state index is 11.9. The Morgan fingerprint density at radius 2 is 1.79 bits per heavy atom. The number of aliphatic hydroxyl groups is 4. The third-order valence-electron chi connectivity index (χ3n) is 2.59. The number of nitrogens with zero attached hydrogens (tertiary/aromatic N) is 2. The molecule has 1 rings (SSSR count). The van der Waals surface area contributed by atoms with Crippen LogP contribution in [0.15, 0.2) is 0 Å². The minimum absolute atomic E-state index is 0.339. The number of nitrogens with one attached hydrogen (secondary N) is 2. The minimum atomic E-state index is -2.23. The number of urea groups is 2. The molecule has 1 aliphatic rings. The maximum atomic E-state index is 11.9. The first-order valence-electron chi connectivity index (χ1n) is 5.11. The van der Waals surface area contributed by atoms with Gasteiger partial charge in [0.05, 0.1) is 6.61 Å². The van der Waals surface area contributed by atoms with Crippen molar-refractivity contribution in [2.45, 2.75) is 5.66 Å². The van der Waals surface area contributed by atoms with Crippen LogP contribution >= 0.6 is 0 Å². The maximum Gasteiger partial charge on any atom is 0.332 e. The zero-order valence-corrected chi connectivity index (χ0v) is 9.74. The number of aliphatic hydroxyl groups excluding tert-OH is 4. The quantitative estimate of drug-likeness (QED) is 0.221. The normalized spacial score (nSPS) is 22.9. The molecule has 0 aromatic carbocycles. The largest absolute Gasteiger partial charge is 0.391 e. The molecular weight excluding hydrogens is 264 g/mol. The van der Waals surface area contributed by atoms with Gasteiger partial charge < -0.3 is 31.1 Å². The Morgan fingerprint density at radius 1 is 1.16 bits per heavy atom. The van der Waals surface area contributed by atoms with Gasteiger partial charge in [-0.25, -0.2) is 14.5 Å². The smallest absolute Gasteiger partial charge is 0.332 e. The summed E-state index contributed by atoms with van der Waals surface area (Å²) < 4.78 is 0. The van der Waals surface area contributed by atoms with E-state index >= 15 is 0 Å². The van der Waals surface area contributed by atoms with Gasteiger partial charge in [-0.3, -0.25) is 9.69 Å². The highest BCUT2D eigenvalue weighted by Crippen LogP contribution is 2.24. The van der Waals surface area contributed by atoms with Crippen LogP contribution < -0.4 is 10.6 Å². The van der Waals surface area contributed by atoms with E-state index in [1.165, 1.54) is 0 Å². The average molecular weight is 278 g/mol. The highest BCUT2D eigenvalue weighted by Gasteiger charge is 2.58. The molecule has 0 radical (unpaired) electrons. The number of hydrogen-bond acceptors (Lipinski definition) is 7. The molecule has 6 N–H and O–H groups in total. The summed E-state index contributed by atoms with van der Waals surface area (Å²) in [7, 11) is 0. The van der Waals surface area contributed by atoms with E-state index in [4.69, 9.17) is 15.3 Å². The van der Waals surface area contributed by atoms with Crippen LogP contribution in [0.2, 0.25) is 0 Å². The lowest BCUT2D eigenvalue weighted by Crippen LogP contribution is -2.66. The highest BCUT2D eigenvalue weighted by molar-refractivity contribution is 6.08. The van der Waals surface area contributed by atoms with Gasteiger partial charge in [0.2, 0.25) is 5.66 Å². The fraction of sp³-hybridized carbons (Fsp3) is 0.625. The van der Waals surface area contributed by atoms with Gasteiger partial charge in [0.15, 0.2) is 0 Å². The van der Waals surface area contributed by atoms with E-state index in [-0.39, 0.29) is 0 Å². The summed E-state index contributed by atoms with van der Waals surface area (Å²) in [5.41, 5.74) is -2.23. The van der Waals surface area contributed by atoms with E-state index in [1.54, 1.807) is 0 Å². The zero-order chi connectivity index (χ0) is 14.6. The first-order valence-corrected chi connectivity index (χ1v) is 5.11. The molecule has 1 saturated heterocycles.